The highest BCUT2D eigenvalue weighted by Gasteiger charge is 2.10. The predicted molar refractivity (Wildman–Crippen MR) is 76.9 cm³/mol. The van der Waals surface area contributed by atoms with Crippen LogP contribution in [0.25, 0.3) is 0 Å². The van der Waals surface area contributed by atoms with Gasteiger partial charge in [-0.25, -0.2) is 0 Å². The van der Waals surface area contributed by atoms with Gasteiger partial charge in [0, 0.05) is 10.0 Å². The van der Waals surface area contributed by atoms with Crippen molar-refractivity contribution in [3.05, 3.63) is 58.6 Å². The van der Waals surface area contributed by atoms with Crippen molar-refractivity contribution in [2.45, 2.75) is 0 Å². The van der Waals surface area contributed by atoms with Crippen LogP contribution in [0, 0.1) is 0 Å². The van der Waals surface area contributed by atoms with E-state index < -0.39 is 7.73 Å². The Morgan fingerprint density at radius 2 is 1.00 bits per heavy atom. The van der Waals surface area contributed by atoms with Crippen LogP contribution < -0.4 is 9.05 Å². The lowest BCUT2D eigenvalue weighted by molar-refractivity contribution is 0.508. The van der Waals surface area contributed by atoms with Crippen molar-refractivity contribution in [1.82, 2.24) is 0 Å². The van der Waals surface area contributed by atoms with Crippen molar-refractivity contribution in [1.29, 1.82) is 0 Å². The van der Waals surface area contributed by atoms with Crippen molar-refractivity contribution in [3.8, 4) is 11.5 Å². The molecule has 0 N–H and O–H groups in total. The third-order valence-electron chi connectivity index (χ3n) is 1.98. The third-order valence-corrected chi connectivity index (χ3v) is 3.61. The zero-order valence-corrected chi connectivity index (χ0v) is 12.2. The molecular formula is C12H8Cl3O2P. The van der Waals surface area contributed by atoms with E-state index in [4.69, 9.17) is 43.5 Å². The number of hydrogen-bond donors (Lipinski definition) is 0. The predicted octanol–water partition coefficient (Wildman–Crippen LogP) is 5.92. The molecule has 2 nitrogen and oxygen atoms in total. The SMILES string of the molecule is Clc1ccc(OP(Cl)Oc2ccc(Cl)cc2)cc1. The Bertz CT molecular complexity index is 454. The Hall–Kier alpha value is -0.660. The van der Waals surface area contributed by atoms with Gasteiger partial charge in [-0.2, -0.15) is 0 Å². The second-order valence-corrected chi connectivity index (χ2v) is 5.79. The molecule has 0 radical (unpaired) electrons. The molecule has 0 aliphatic heterocycles. The maximum atomic E-state index is 5.98. The Morgan fingerprint density at radius 1 is 0.667 bits per heavy atom. The van der Waals surface area contributed by atoms with E-state index in [2.05, 4.69) is 0 Å². The van der Waals surface area contributed by atoms with E-state index in [1.807, 2.05) is 0 Å². The van der Waals surface area contributed by atoms with Crippen molar-refractivity contribution in [3.63, 3.8) is 0 Å². The highest BCUT2D eigenvalue weighted by atomic mass is 35.7. The van der Waals surface area contributed by atoms with Crippen LogP contribution in [0.1, 0.15) is 0 Å². The molecule has 0 saturated heterocycles. The van der Waals surface area contributed by atoms with Crippen LogP contribution in [0.4, 0.5) is 0 Å². The van der Waals surface area contributed by atoms with Gasteiger partial charge in [-0.1, -0.05) is 23.2 Å². The van der Waals surface area contributed by atoms with Crippen LogP contribution in [-0.2, 0) is 0 Å². The second kappa shape index (κ2) is 6.49. The summed E-state index contributed by atoms with van der Waals surface area (Å²) in [5, 5.41) is 1.28. The molecule has 0 aliphatic rings. The molecule has 0 aliphatic carbocycles. The molecule has 0 atom stereocenters. The summed E-state index contributed by atoms with van der Waals surface area (Å²) >= 11 is 17.5. The van der Waals surface area contributed by atoms with E-state index >= 15 is 0 Å². The summed E-state index contributed by atoms with van der Waals surface area (Å²) in [6.07, 6.45) is 0. The number of hydrogen-bond acceptors (Lipinski definition) is 2. The molecular weight excluding hydrogens is 313 g/mol. The summed E-state index contributed by atoms with van der Waals surface area (Å²) < 4.78 is 10.8. The molecule has 6 heteroatoms. The van der Waals surface area contributed by atoms with Crippen LogP contribution in [-0.4, -0.2) is 0 Å². The molecule has 0 fully saturated rings. The summed E-state index contributed by atoms with van der Waals surface area (Å²) in [7, 11) is -1.57. The lowest BCUT2D eigenvalue weighted by atomic mass is 10.3. The van der Waals surface area contributed by atoms with E-state index in [-0.39, 0.29) is 0 Å². The Morgan fingerprint density at radius 3 is 1.33 bits per heavy atom. The summed E-state index contributed by atoms with van der Waals surface area (Å²) in [5.74, 6) is 1.21. The van der Waals surface area contributed by atoms with Crippen LogP contribution in [0.2, 0.25) is 10.0 Å². The van der Waals surface area contributed by atoms with Crippen LogP contribution in [0.5, 0.6) is 11.5 Å². The highest BCUT2D eigenvalue weighted by molar-refractivity contribution is 7.76. The lowest BCUT2D eigenvalue weighted by Crippen LogP contribution is -1.90. The van der Waals surface area contributed by atoms with Crippen molar-refractivity contribution in [2.75, 3.05) is 0 Å². The van der Waals surface area contributed by atoms with E-state index in [1.165, 1.54) is 0 Å². The van der Waals surface area contributed by atoms with Crippen LogP contribution in [0.15, 0.2) is 48.5 Å². The first-order valence-corrected chi connectivity index (χ1v) is 7.80. The molecule has 2 aromatic rings. The Balaban J connectivity index is 1.94. The van der Waals surface area contributed by atoms with Gasteiger partial charge in [-0.3, -0.25) is 0 Å². The molecule has 18 heavy (non-hydrogen) atoms. The summed E-state index contributed by atoms with van der Waals surface area (Å²) in [4.78, 5) is 0. The van der Waals surface area contributed by atoms with Gasteiger partial charge in [-0.15, -0.1) is 0 Å². The largest absolute Gasteiger partial charge is 0.427 e. The van der Waals surface area contributed by atoms with Crippen molar-refractivity contribution >= 4 is 42.2 Å². The van der Waals surface area contributed by atoms with Crippen LogP contribution in [0.3, 0.4) is 0 Å². The highest BCUT2D eigenvalue weighted by Crippen LogP contribution is 2.44. The Labute approximate surface area is 121 Å². The van der Waals surface area contributed by atoms with E-state index in [0.717, 1.165) is 0 Å². The van der Waals surface area contributed by atoms with Crippen LogP contribution >= 0.6 is 42.2 Å². The minimum absolute atomic E-state index is 0.606. The maximum absolute atomic E-state index is 5.98. The van der Waals surface area contributed by atoms with Gasteiger partial charge in [0.05, 0.1) is 0 Å². The van der Waals surface area contributed by atoms with Gasteiger partial charge in [0.25, 0.3) is 0 Å². The molecule has 0 spiro atoms. The molecule has 2 rings (SSSR count). The fourth-order valence-corrected chi connectivity index (χ4v) is 2.52. The van der Waals surface area contributed by atoms with Crippen molar-refractivity contribution in [2.24, 2.45) is 0 Å². The number of benzene rings is 2. The average molecular weight is 322 g/mol. The zero-order chi connectivity index (χ0) is 13.0. The van der Waals surface area contributed by atoms with Gasteiger partial charge in [0.15, 0.2) is 0 Å². The molecule has 0 aromatic heterocycles. The first-order chi connectivity index (χ1) is 8.63. The van der Waals surface area contributed by atoms with Gasteiger partial charge < -0.3 is 9.05 Å². The fourth-order valence-electron chi connectivity index (χ4n) is 1.18. The fraction of sp³-hybridized carbons (Fsp3) is 0. The third kappa shape index (κ3) is 4.22. The maximum Gasteiger partial charge on any atom is 0.401 e. The molecule has 2 aromatic carbocycles. The lowest BCUT2D eigenvalue weighted by Gasteiger charge is -2.12. The van der Waals surface area contributed by atoms with E-state index in [1.54, 1.807) is 48.5 Å². The topological polar surface area (TPSA) is 18.5 Å². The molecule has 0 unspecified atom stereocenters. The number of halogens is 3. The normalized spacial score (nSPS) is 10.4. The van der Waals surface area contributed by atoms with Gasteiger partial charge in [0.1, 0.15) is 11.5 Å². The standard InChI is InChI=1S/C12H8Cl3O2P/c13-9-1-5-11(6-2-9)16-18(15)17-12-7-3-10(14)4-8-12/h1-8H. The van der Waals surface area contributed by atoms with Gasteiger partial charge in [0.2, 0.25) is 0 Å². The first-order valence-electron chi connectivity index (χ1n) is 4.96. The van der Waals surface area contributed by atoms with Gasteiger partial charge >= 0.3 is 7.73 Å². The van der Waals surface area contributed by atoms with Gasteiger partial charge in [-0.05, 0) is 59.8 Å². The minimum Gasteiger partial charge on any atom is -0.427 e. The quantitative estimate of drug-likeness (QED) is 0.651. The number of rotatable bonds is 4. The van der Waals surface area contributed by atoms with E-state index in [0.29, 0.717) is 21.5 Å². The second-order valence-electron chi connectivity index (χ2n) is 3.30. The summed E-state index contributed by atoms with van der Waals surface area (Å²) in [6.45, 7) is 0. The molecule has 0 bridgehead atoms. The Kier molecular flexibility index (Phi) is 4.96. The monoisotopic (exact) mass is 320 g/mol. The molecule has 94 valence electrons. The molecule has 0 saturated carbocycles. The zero-order valence-electron chi connectivity index (χ0n) is 9.02. The molecule has 0 amide bonds. The van der Waals surface area contributed by atoms with E-state index in [9.17, 15) is 0 Å². The molecule has 0 heterocycles. The van der Waals surface area contributed by atoms with Crippen molar-refractivity contribution < 1.29 is 9.05 Å². The summed E-state index contributed by atoms with van der Waals surface area (Å²) in [6, 6.07) is 13.8. The summed E-state index contributed by atoms with van der Waals surface area (Å²) in [5.41, 5.74) is 0. The first kappa shape index (κ1) is 13.8. The minimum atomic E-state index is -1.57. The smallest absolute Gasteiger partial charge is 0.401 e. The average Bonchev–Trinajstić information content (AvgIpc) is 2.35.